The maximum Gasteiger partial charge on any atom is 0.261 e. The van der Waals surface area contributed by atoms with E-state index in [2.05, 4.69) is 10.6 Å². The lowest BCUT2D eigenvalue weighted by Gasteiger charge is -2.19. The van der Waals surface area contributed by atoms with Crippen LogP contribution in [0.1, 0.15) is 63.6 Å². The van der Waals surface area contributed by atoms with Crippen molar-refractivity contribution in [2.75, 3.05) is 5.32 Å². The number of hydrogen-bond donors (Lipinski definition) is 2. The molecule has 27 heavy (non-hydrogen) atoms. The van der Waals surface area contributed by atoms with Gasteiger partial charge in [-0.1, -0.05) is 32.1 Å². The Morgan fingerprint density at radius 1 is 1.07 bits per heavy atom. The van der Waals surface area contributed by atoms with Crippen LogP contribution in [-0.4, -0.2) is 20.7 Å². The predicted molar refractivity (Wildman–Crippen MR) is 114 cm³/mol. The largest absolute Gasteiger partial charge is 0.360 e. The zero-order valence-corrected chi connectivity index (χ0v) is 16.6. The number of aryl methyl sites for hydroxylation is 1. The van der Waals surface area contributed by atoms with Crippen LogP contribution < -0.4 is 16.2 Å². The number of aromatic nitrogens is 2. The summed E-state index contributed by atoms with van der Waals surface area (Å²) in [7, 11) is 0. The van der Waals surface area contributed by atoms with E-state index >= 15 is 0 Å². The minimum absolute atomic E-state index is 0.0724. The van der Waals surface area contributed by atoms with E-state index in [4.69, 9.17) is 17.2 Å². The summed E-state index contributed by atoms with van der Waals surface area (Å²) in [6.07, 6.45) is 11.7. The molecule has 0 unspecified atom stereocenters. The number of fused-ring (bicyclic) bond motifs is 2. The molecule has 4 rings (SSSR count). The zero-order chi connectivity index (χ0) is 18.6. The highest BCUT2D eigenvalue weighted by atomic mass is 32.1. The minimum Gasteiger partial charge on any atom is -0.360 e. The summed E-state index contributed by atoms with van der Waals surface area (Å²) in [6, 6.07) is 6.24. The van der Waals surface area contributed by atoms with Crippen molar-refractivity contribution in [1.29, 1.82) is 0 Å². The number of nitrogens with zero attached hydrogens (tertiary/aromatic N) is 2. The molecule has 1 aromatic heterocycles. The summed E-state index contributed by atoms with van der Waals surface area (Å²) in [5.74, 6) is 0.927. The molecule has 2 N–H and O–H groups in total. The quantitative estimate of drug-likeness (QED) is 0.602. The second kappa shape index (κ2) is 8.38. The Hall–Kier alpha value is -1.95. The van der Waals surface area contributed by atoms with Crippen LogP contribution >= 0.6 is 12.2 Å². The SMILES string of the molecule is O=c1c2cc(NC(=S)NC3CCCCCC3)ccc2nc2n1CCCCC2. The first-order valence-corrected chi connectivity index (χ1v) is 10.7. The lowest BCUT2D eigenvalue weighted by Crippen LogP contribution is -2.37. The maximum atomic E-state index is 13.0. The third-order valence-corrected chi connectivity index (χ3v) is 5.98. The Morgan fingerprint density at radius 2 is 1.85 bits per heavy atom. The number of anilines is 1. The van der Waals surface area contributed by atoms with Gasteiger partial charge in [-0.25, -0.2) is 4.98 Å². The molecule has 6 heteroatoms. The second-order valence-corrected chi connectivity index (χ2v) is 8.22. The third-order valence-electron chi connectivity index (χ3n) is 5.76. The van der Waals surface area contributed by atoms with Crippen LogP contribution in [0.2, 0.25) is 0 Å². The van der Waals surface area contributed by atoms with Gasteiger partial charge in [0.15, 0.2) is 5.11 Å². The van der Waals surface area contributed by atoms with Crippen LogP contribution in [0.15, 0.2) is 23.0 Å². The molecule has 0 spiro atoms. The predicted octanol–water partition coefficient (Wildman–Crippen LogP) is 4.13. The normalized spacial score (nSPS) is 18.4. The van der Waals surface area contributed by atoms with Crippen LogP contribution in [0.5, 0.6) is 0 Å². The van der Waals surface area contributed by atoms with Crippen LogP contribution in [0.3, 0.4) is 0 Å². The van der Waals surface area contributed by atoms with E-state index in [0.717, 1.165) is 49.3 Å². The van der Waals surface area contributed by atoms with Gasteiger partial charge in [-0.3, -0.25) is 9.36 Å². The molecule has 1 aliphatic carbocycles. The summed E-state index contributed by atoms with van der Waals surface area (Å²) in [5, 5.41) is 8.03. The Labute approximate surface area is 165 Å². The number of rotatable bonds is 2. The van der Waals surface area contributed by atoms with E-state index in [9.17, 15) is 4.79 Å². The first-order valence-electron chi connectivity index (χ1n) is 10.3. The van der Waals surface area contributed by atoms with Crippen molar-refractivity contribution in [3.05, 3.63) is 34.4 Å². The summed E-state index contributed by atoms with van der Waals surface area (Å²) in [4.78, 5) is 17.7. The molecule has 1 aromatic carbocycles. The first-order chi connectivity index (χ1) is 13.2. The van der Waals surface area contributed by atoms with Gasteiger partial charge >= 0.3 is 0 Å². The summed E-state index contributed by atoms with van der Waals surface area (Å²) in [6.45, 7) is 0.774. The van der Waals surface area contributed by atoms with Gasteiger partial charge in [0.05, 0.1) is 10.9 Å². The Bertz CT molecular complexity index is 884. The zero-order valence-electron chi connectivity index (χ0n) is 15.8. The van der Waals surface area contributed by atoms with Gasteiger partial charge in [-0.15, -0.1) is 0 Å². The van der Waals surface area contributed by atoms with Crippen molar-refractivity contribution in [3.63, 3.8) is 0 Å². The average molecular weight is 385 g/mol. The molecular weight excluding hydrogens is 356 g/mol. The van der Waals surface area contributed by atoms with Gasteiger partial charge in [0.1, 0.15) is 5.82 Å². The number of thiocarbonyl (C=S) groups is 1. The van der Waals surface area contributed by atoms with Crippen molar-refractivity contribution < 1.29 is 0 Å². The maximum absolute atomic E-state index is 13.0. The highest BCUT2D eigenvalue weighted by Gasteiger charge is 2.15. The molecule has 2 aliphatic rings. The summed E-state index contributed by atoms with van der Waals surface area (Å²) < 4.78 is 1.86. The van der Waals surface area contributed by atoms with Crippen LogP contribution in [0.4, 0.5) is 5.69 Å². The van der Waals surface area contributed by atoms with Crippen LogP contribution in [0.25, 0.3) is 10.9 Å². The van der Waals surface area contributed by atoms with Crippen molar-refractivity contribution in [2.24, 2.45) is 0 Å². The molecular formula is C21H28N4OS. The molecule has 1 fully saturated rings. The van der Waals surface area contributed by atoms with Gasteiger partial charge in [-0.05, 0) is 56.1 Å². The van der Waals surface area contributed by atoms with Crippen molar-refractivity contribution in [3.8, 4) is 0 Å². The lowest BCUT2D eigenvalue weighted by molar-refractivity contribution is 0.535. The topological polar surface area (TPSA) is 59.0 Å². The van der Waals surface area contributed by atoms with Crippen LogP contribution in [-0.2, 0) is 13.0 Å². The molecule has 0 amide bonds. The molecule has 0 atom stereocenters. The smallest absolute Gasteiger partial charge is 0.261 e. The van der Waals surface area contributed by atoms with E-state index < -0.39 is 0 Å². The molecule has 1 aliphatic heterocycles. The lowest BCUT2D eigenvalue weighted by atomic mass is 10.1. The van der Waals surface area contributed by atoms with Crippen molar-refractivity contribution >= 4 is 33.9 Å². The second-order valence-electron chi connectivity index (χ2n) is 7.81. The standard InChI is InChI=1S/C21H28N4OS/c26-20-17-14-16(23-21(27)22-15-8-4-1-2-5-9-15)11-12-18(17)24-19-10-6-3-7-13-25(19)20/h11-12,14-15H,1-10,13H2,(H2,22,23,27). The van der Waals surface area contributed by atoms with E-state index in [-0.39, 0.29) is 5.56 Å². The fraction of sp³-hybridized carbons (Fsp3) is 0.571. The molecule has 0 saturated heterocycles. The fourth-order valence-electron chi connectivity index (χ4n) is 4.27. The molecule has 144 valence electrons. The molecule has 2 aromatic rings. The first kappa shape index (κ1) is 18.4. The summed E-state index contributed by atoms with van der Waals surface area (Å²) >= 11 is 5.51. The molecule has 5 nitrogen and oxygen atoms in total. The highest BCUT2D eigenvalue weighted by Crippen LogP contribution is 2.20. The van der Waals surface area contributed by atoms with E-state index in [1.54, 1.807) is 0 Å². The third kappa shape index (κ3) is 4.32. The highest BCUT2D eigenvalue weighted by molar-refractivity contribution is 7.80. The van der Waals surface area contributed by atoms with E-state index in [0.29, 0.717) is 16.5 Å². The molecule has 1 saturated carbocycles. The van der Waals surface area contributed by atoms with Gasteiger partial charge in [0, 0.05) is 24.7 Å². The fourth-order valence-corrected chi connectivity index (χ4v) is 4.56. The van der Waals surface area contributed by atoms with E-state index in [1.807, 2.05) is 22.8 Å². The van der Waals surface area contributed by atoms with Crippen LogP contribution in [0, 0.1) is 0 Å². The Balaban J connectivity index is 1.53. The van der Waals surface area contributed by atoms with E-state index in [1.165, 1.54) is 38.5 Å². The van der Waals surface area contributed by atoms with Crippen molar-refractivity contribution in [1.82, 2.24) is 14.9 Å². The average Bonchev–Trinajstić information content (AvgIpc) is 3.05. The minimum atomic E-state index is 0.0724. The van der Waals surface area contributed by atoms with Gasteiger partial charge in [0.2, 0.25) is 0 Å². The Kier molecular flexibility index (Phi) is 5.72. The van der Waals surface area contributed by atoms with Gasteiger partial charge in [-0.2, -0.15) is 0 Å². The Morgan fingerprint density at radius 3 is 2.67 bits per heavy atom. The van der Waals surface area contributed by atoms with Gasteiger partial charge < -0.3 is 10.6 Å². The van der Waals surface area contributed by atoms with Crippen molar-refractivity contribution in [2.45, 2.75) is 76.8 Å². The number of hydrogen-bond acceptors (Lipinski definition) is 3. The molecule has 0 radical (unpaired) electrons. The molecule has 2 heterocycles. The van der Waals surface area contributed by atoms with Gasteiger partial charge in [0.25, 0.3) is 5.56 Å². The molecule has 0 bridgehead atoms. The summed E-state index contributed by atoms with van der Waals surface area (Å²) in [5.41, 5.74) is 1.70. The monoisotopic (exact) mass is 384 g/mol. The number of nitrogens with one attached hydrogen (secondary N) is 2. The number of benzene rings is 1.